The highest BCUT2D eigenvalue weighted by Gasteiger charge is 2.39. The molecule has 0 unspecified atom stereocenters. The van der Waals surface area contributed by atoms with Gasteiger partial charge in [0.25, 0.3) is 0 Å². The molecule has 0 radical (unpaired) electrons. The van der Waals surface area contributed by atoms with Crippen molar-refractivity contribution >= 4 is 13.7 Å². The number of hydrogen-bond donors (Lipinski definition) is 0. The van der Waals surface area contributed by atoms with Gasteiger partial charge >= 0.3 is 8.56 Å². The number of rotatable bonds is 17. The lowest BCUT2D eigenvalue weighted by Gasteiger charge is -2.31. The number of unbranched alkanes of at least 4 members (excludes halogenated alkanes) is 8. The summed E-state index contributed by atoms with van der Waals surface area (Å²) in [5, 5.41) is 1.31. The summed E-state index contributed by atoms with van der Waals surface area (Å²) in [6.07, 6.45) is 14.3. The summed E-state index contributed by atoms with van der Waals surface area (Å²) in [6.45, 7) is 8.26. The van der Waals surface area contributed by atoms with E-state index in [1.807, 2.05) is 0 Å². The van der Waals surface area contributed by atoms with Crippen LogP contribution in [0.1, 0.15) is 91.4 Å². The minimum absolute atomic E-state index is 0.808. The predicted molar refractivity (Wildman–Crippen MR) is 116 cm³/mol. The largest absolute Gasteiger partial charge is 0.391 e. The Morgan fingerprint density at radius 3 is 1.62 bits per heavy atom. The summed E-state index contributed by atoms with van der Waals surface area (Å²) in [7, 11) is -2.30. The van der Waals surface area contributed by atoms with Crippen LogP contribution in [-0.2, 0) is 8.85 Å². The molecule has 0 bridgehead atoms. The van der Waals surface area contributed by atoms with E-state index in [1.54, 1.807) is 0 Å². The Kier molecular flexibility index (Phi) is 13.9. The van der Waals surface area contributed by atoms with Crippen molar-refractivity contribution in [3.05, 3.63) is 30.3 Å². The zero-order valence-electron chi connectivity index (χ0n) is 17.6. The lowest BCUT2D eigenvalue weighted by atomic mass is 10.1. The molecule has 0 N–H and O–H groups in total. The van der Waals surface area contributed by atoms with Gasteiger partial charge in [-0.1, -0.05) is 109 Å². The summed E-state index contributed by atoms with van der Waals surface area (Å²) < 4.78 is 12.9. The zero-order valence-corrected chi connectivity index (χ0v) is 18.6. The molecule has 2 nitrogen and oxygen atoms in total. The van der Waals surface area contributed by atoms with Crippen LogP contribution < -0.4 is 5.19 Å². The van der Waals surface area contributed by atoms with Crippen molar-refractivity contribution in [3.8, 4) is 0 Å². The van der Waals surface area contributed by atoms with E-state index >= 15 is 0 Å². The van der Waals surface area contributed by atoms with Gasteiger partial charge in [-0.15, -0.1) is 0 Å². The molecule has 0 amide bonds. The molecule has 0 heterocycles. The molecular formula is C23H42O2Si. The van der Waals surface area contributed by atoms with E-state index in [0.29, 0.717) is 0 Å². The topological polar surface area (TPSA) is 18.5 Å². The summed E-state index contributed by atoms with van der Waals surface area (Å²) in [6, 6.07) is 11.8. The molecule has 3 heteroatoms. The van der Waals surface area contributed by atoms with Crippen molar-refractivity contribution in [2.24, 2.45) is 0 Å². The van der Waals surface area contributed by atoms with Crippen LogP contribution in [0.4, 0.5) is 0 Å². The minimum atomic E-state index is -2.30. The predicted octanol–water partition coefficient (Wildman–Crippen LogP) is 6.72. The van der Waals surface area contributed by atoms with E-state index in [2.05, 4.69) is 51.1 Å². The maximum atomic E-state index is 6.46. The molecule has 0 aliphatic rings. The lowest BCUT2D eigenvalue weighted by Crippen LogP contribution is -2.54. The quantitative estimate of drug-likeness (QED) is 0.221. The second kappa shape index (κ2) is 15.4. The third kappa shape index (κ3) is 9.34. The van der Waals surface area contributed by atoms with Crippen molar-refractivity contribution in [3.63, 3.8) is 0 Å². The monoisotopic (exact) mass is 378 g/mol. The second-order valence-electron chi connectivity index (χ2n) is 7.39. The van der Waals surface area contributed by atoms with Gasteiger partial charge in [0.05, 0.1) is 0 Å². The Bertz CT molecular complexity index is 413. The maximum absolute atomic E-state index is 6.46. The highest BCUT2D eigenvalue weighted by atomic mass is 28.4. The van der Waals surface area contributed by atoms with E-state index in [0.717, 1.165) is 32.1 Å². The summed E-state index contributed by atoms with van der Waals surface area (Å²) >= 11 is 0. The van der Waals surface area contributed by atoms with E-state index < -0.39 is 8.56 Å². The second-order valence-corrected chi connectivity index (χ2v) is 10.6. The van der Waals surface area contributed by atoms with Gasteiger partial charge in [-0.3, -0.25) is 0 Å². The van der Waals surface area contributed by atoms with E-state index in [-0.39, 0.29) is 0 Å². The van der Waals surface area contributed by atoms with Gasteiger partial charge in [0, 0.05) is 13.2 Å². The molecule has 0 fully saturated rings. The Morgan fingerprint density at radius 2 is 1.12 bits per heavy atom. The zero-order chi connectivity index (χ0) is 18.9. The average Bonchev–Trinajstić information content (AvgIpc) is 2.69. The van der Waals surface area contributed by atoms with Crippen LogP contribution in [0.15, 0.2) is 30.3 Å². The van der Waals surface area contributed by atoms with Gasteiger partial charge in [0.1, 0.15) is 0 Å². The van der Waals surface area contributed by atoms with Crippen molar-refractivity contribution < 1.29 is 8.85 Å². The van der Waals surface area contributed by atoms with Gasteiger partial charge < -0.3 is 8.85 Å². The molecule has 0 saturated carbocycles. The SMILES string of the molecule is CCCCCCCCCCC[Si](OCCC)(OCCC)c1ccccc1. The van der Waals surface area contributed by atoms with Crippen LogP contribution in [0.3, 0.4) is 0 Å². The molecule has 0 aliphatic heterocycles. The highest BCUT2D eigenvalue weighted by Crippen LogP contribution is 2.20. The smallest absolute Gasteiger partial charge is 0.372 e. The number of benzene rings is 1. The van der Waals surface area contributed by atoms with E-state index in [9.17, 15) is 0 Å². The molecule has 0 aromatic heterocycles. The van der Waals surface area contributed by atoms with Crippen molar-refractivity contribution in [2.45, 2.75) is 97.4 Å². The number of hydrogen-bond acceptors (Lipinski definition) is 2. The molecule has 0 spiro atoms. The third-order valence-electron chi connectivity index (χ3n) is 4.90. The molecule has 1 aromatic carbocycles. The third-order valence-corrected chi connectivity index (χ3v) is 8.47. The molecule has 150 valence electrons. The molecular weight excluding hydrogens is 336 g/mol. The van der Waals surface area contributed by atoms with Gasteiger partial charge in [0.2, 0.25) is 0 Å². The fourth-order valence-corrected chi connectivity index (χ4v) is 6.87. The van der Waals surface area contributed by atoms with Crippen LogP contribution in [-0.4, -0.2) is 21.8 Å². The molecule has 26 heavy (non-hydrogen) atoms. The molecule has 0 aliphatic carbocycles. The summed E-state index contributed by atoms with van der Waals surface area (Å²) in [5.41, 5.74) is 0. The van der Waals surface area contributed by atoms with Crippen LogP contribution in [0, 0.1) is 0 Å². The van der Waals surface area contributed by atoms with Crippen molar-refractivity contribution in [1.82, 2.24) is 0 Å². The van der Waals surface area contributed by atoms with Gasteiger partial charge in [-0.2, -0.15) is 0 Å². The van der Waals surface area contributed by atoms with Crippen LogP contribution in [0.2, 0.25) is 6.04 Å². The van der Waals surface area contributed by atoms with Crippen LogP contribution >= 0.6 is 0 Å². The fourth-order valence-electron chi connectivity index (χ4n) is 3.39. The first-order chi connectivity index (χ1) is 12.8. The van der Waals surface area contributed by atoms with E-state index in [4.69, 9.17) is 8.85 Å². The van der Waals surface area contributed by atoms with Gasteiger partial charge in [-0.25, -0.2) is 0 Å². The first-order valence-electron chi connectivity index (χ1n) is 11.1. The Morgan fingerprint density at radius 1 is 0.615 bits per heavy atom. The average molecular weight is 379 g/mol. The van der Waals surface area contributed by atoms with Crippen molar-refractivity contribution in [1.29, 1.82) is 0 Å². The lowest BCUT2D eigenvalue weighted by molar-refractivity contribution is 0.178. The minimum Gasteiger partial charge on any atom is -0.391 e. The molecule has 1 aromatic rings. The normalized spacial score (nSPS) is 11.8. The van der Waals surface area contributed by atoms with Crippen LogP contribution in [0.25, 0.3) is 0 Å². The Labute approximate surface area is 163 Å². The first kappa shape index (κ1) is 23.4. The Balaban J connectivity index is 2.50. The summed E-state index contributed by atoms with van der Waals surface area (Å²) in [5.74, 6) is 0. The first-order valence-corrected chi connectivity index (χ1v) is 13.1. The standard InChI is InChI=1S/C23H42O2Si/c1-4-7-8-9-10-11-12-13-17-22-26(24-20-5-2,25-21-6-3)23-18-15-14-16-19-23/h14-16,18-19H,4-13,17,20-22H2,1-3H3. The van der Waals surface area contributed by atoms with Crippen LogP contribution in [0.5, 0.6) is 0 Å². The highest BCUT2D eigenvalue weighted by molar-refractivity contribution is 6.81. The van der Waals surface area contributed by atoms with E-state index in [1.165, 1.54) is 63.0 Å². The summed E-state index contributed by atoms with van der Waals surface area (Å²) in [4.78, 5) is 0. The van der Waals surface area contributed by atoms with Crippen molar-refractivity contribution in [2.75, 3.05) is 13.2 Å². The van der Waals surface area contributed by atoms with Gasteiger partial charge in [-0.05, 0) is 24.1 Å². The molecule has 0 atom stereocenters. The molecule has 1 rings (SSSR count). The van der Waals surface area contributed by atoms with Gasteiger partial charge in [0.15, 0.2) is 0 Å². The fraction of sp³-hybridized carbons (Fsp3) is 0.739. The maximum Gasteiger partial charge on any atom is 0.372 e. The Hall–Kier alpha value is -0.643. The molecule has 0 saturated heterocycles.